The van der Waals surface area contributed by atoms with Gasteiger partial charge in [0.2, 0.25) is 5.91 Å². The molecule has 2 saturated heterocycles. The Balaban J connectivity index is 1.37. The number of esters is 1. The van der Waals surface area contributed by atoms with Gasteiger partial charge in [0.15, 0.2) is 0 Å². The standard InChI is InChI=1S/C26H35N5O3/c1-2-34-24(32)21-30-15-17-31(18-16-30)28-25(33)26(23-9-6-12-27-19-23)10-13-29(14-11-26)20-22-7-4-3-5-8-22/h3-9,12,19H,2,10-11,13-18,20-21H2,1H3,(H,28,33). The average Bonchev–Trinajstić information content (AvgIpc) is 2.87. The van der Waals surface area contributed by atoms with Crippen molar-refractivity contribution in [2.75, 3.05) is 52.4 Å². The Morgan fingerprint density at radius 1 is 0.971 bits per heavy atom. The van der Waals surface area contributed by atoms with Gasteiger partial charge in [0, 0.05) is 45.1 Å². The normalized spacial score (nSPS) is 19.4. The number of rotatable bonds is 8. The quantitative estimate of drug-likeness (QED) is 0.596. The molecule has 0 spiro atoms. The number of hydrogen-bond donors (Lipinski definition) is 1. The second-order valence-corrected chi connectivity index (χ2v) is 9.09. The fourth-order valence-corrected chi connectivity index (χ4v) is 4.88. The number of benzene rings is 1. The SMILES string of the molecule is CCOC(=O)CN1CCN(NC(=O)C2(c3cccnc3)CCN(Cc3ccccc3)CC2)CC1. The summed E-state index contributed by atoms with van der Waals surface area (Å²) in [6, 6.07) is 14.4. The molecule has 1 N–H and O–H groups in total. The summed E-state index contributed by atoms with van der Waals surface area (Å²) in [7, 11) is 0. The summed E-state index contributed by atoms with van der Waals surface area (Å²) in [6.45, 7) is 7.88. The molecule has 0 atom stereocenters. The molecule has 1 aromatic heterocycles. The van der Waals surface area contributed by atoms with Crippen LogP contribution >= 0.6 is 0 Å². The van der Waals surface area contributed by atoms with Gasteiger partial charge in [0.05, 0.1) is 18.6 Å². The van der Waals surface area contributed by atoms with Crippen LogP contribution in [0.4, 0.5) is 0 Å². The molecule has 4 rings (SSSR count). The van der Waals surface area contributed by atoms with Crippen molar-refractivity contribution in [2.45, 2.75) is 31.7 Å². The first-order valence-corrected chi connectivity index (χ1v) is 12.2. The highest BCUT2D eigenvalue weighted by Crippen LogP contribution is 2.36. The lowest BCUT2D eigenvalue weighted by atomic mass is 9.72. The topological polar surface area (TPSA) is 78.0 Å². The van der Waals surface area contributed by atoms with E-state index in [1.54, 1.807) is 6.20 Å². The predicted octanol–water partition coefficient (Wildman–Crippen LogP) is 1.83. The summed E-state index contributed by atoms with van der Waals surface area (Å²) in [4.78, 5) is 34.3. The van der Waals surface area contributed by atoms with E-state index in [9.17, 15) is 9.59 Å². The zero-order valence-corrected chi connectivity index (χ0v) is 20.0. The van der Waals surface area contributed by atoms with E-state index < -0.39 is 5.41 Å². The number of aromatic nitrogens is 1. The summed E-state index contributed by atoms with van der Waals surface area (Å²) in [6.07, 6.45) is 5.09. The first-order valence-electron chi connectivity index (χ1n) is 12.2. The highest BCUT2D eigenvalue weighted by molar-refractivity contribution is 5.88. The van der Waals surface area contributed by atoms with Crippen molar-refractivity contribution < 1.29 is 14.3 Å². The molecular weight excluding hydrogens is 430 g/mol. The van der Waals surface area contributed by atoms with E-state index in [0.29, 0.717) is 39.3 Å². The van der Waals surface area contributed by atoms with E-state index in [2.05, 4.69) is 44.5 Å². The highest BCUT2D eigenvalue weighted by Gasteiger charge is 2.44. The first kappa shape index (κ1) is 24.3. The van der Waals surface area contributed by atoms with Gasteiger partial charge < -0.3 is 4.74 Å². The third-order valence-electron chi connectivity index (χ3n) is 6.90. The number of piperazine rings is 1. The Labute approximate surface area is 201 Å². The fourth-order valence-electron chi connectivity index (χ4n) is 4.88. The molecule has 2 fully saturated rings. The minimum atomic E-state index is -0.594. The Morgan fingerprint density at radius 2 is 1.71 bits per heavy atom. The first-order chi connectivity index (χ1) is 16.6. The lowest BCUT2D eigenvalue weighted by Crippen LogP contribution is -2.59. The van der Waals surface area contributed by atoms with Crippen LogP contribution in [-0.4, -0.2) is 84.1 Å². The van der Waals surface area contributed by atoms with Crippen LogP contribution in [0.3, 0.4) is 0 Å². The molecule has 3 heterocycles. The van der Waals surface area contributed by atoms with Crippen molar-refractivity contribution in [1.82, 2.24) is 25.2 Å². The summed E-state index contributed by atoms with van der Waals surface area (Å²) < 4.78 is 5.05. The van der Waals surface area contributed by atoms with Crippen LogP contribution in [0.2, 0.25) is 0 Å². The molecule has 2 aliphatic heterocycles. The number of amides is 1. The molecule has 34 heavy (non-hydrogen) atoms. The monoisotopic (exact) mass is 465 g/mol. The van der Waals surface area contributed by atoms with Gasteiger partial charge in [-0.25, -0.2) is 5.01 Å². The molecule has 0 aliphatic carbocycles. The molecule has 0 unspecified atom stereocenters. The molecule has 2 aromatic rings. The Morgan fingerprint density at radius 3 is 2.35 bits per heavy atom. The van der Waals surface area contributed by atoms with Gasteiger partial charge in [-0.05, 0) is 50.0 Å². The van der Waals surface area contributed by atoms with E-state index in [-0.39, 0.29) is 11.9 Å². The lowest BCUT2D eigenvalue weighted by Gasteiger charge is -2.43. The van der Waals surface area contributed by atoms with Crippen LogP contribution in [0, 0.1) is 0 Å². The molecule has 0 saturated carbocycles. The summed E-state index contributed by atoms with van der Waals surface area (Å²) in [5.41, 5.74) is 4.88. The maximum atomic E-state index is 13.7. The van der Waals surface area contributed by atoms with Gasteiger partial charge in [-0.2, -0.15) is 0 Å². The Hall–Kier alpha value is -2.81. The van der Waals surface area contributed by atoms with Crippen LogP contribution in [0.5, 0.6) is 0 Å². The molecule has 182 valence electrons. The Kier molecular flexibility index (Phi) is 8.26. The van der Waals surface area contributed by atoms with Crippen molar-refractivity contribution in [3.8, 4) is 0 Å². The minimum absolute atomic E-state index is 0.0405. The number of carbonyl (C=O) groups is 2. The molecule has 2 aliphatic rings. The third-order valence-corrected chi connectivity index (χ3v) is 6.90. The number of piperidine rings is 1. The van der Waals surface area contributed by atoms with Gasteiger partial charge >= 0.3 is 5.97 Å². The van der Waals surface area contributed by atoms with E-state index >= 15 is 0 Å². The van der Waals surface area contributed by atoms with E-state index in [1.807, 2.05) is 36.3 Å². The fraction of sp³-hybridized carbons (Fsp3) is 0.500. The van der Waals surface area contributed by atoms with Crippen LogP contribution in [0.15, 0.2) is 54.9 Å². The average molecular weight is 466 g/mol. The third kappa shape index (κ3) is 6.00. The lowest BCUT2D eigenvalue weighted by molar-refractivity contribution is -0.145. The second-order valence-electron chi connectivity index (χ2n) is 9.09. The molecule has 8 nitrogen and oxygen atoms in total. The number of carbonyl (C=O) groups excluding carboxylic acids is 2. The van der Waals surface area contributed by atoms with Crippen LogP contribution in [0.1, 0.15) is 30.9 Å². The number of nitrogens with one attached hydrogen (secondary N) is 1. The zero-order valence-electron chi connectivity index (χ0n) is 20.0. The minimum Gasteiger partial charge on any atom is -0.465 e. The zero-order chi connectivity index (χ0) is 23.8. The van der Waals surface area contributed by atoms with Crippen LogP contribution in [0.25, 0.3) is 0 Å². The number of ether oxygens (including phenoxy) is 1. The second kappa shape index (κ2) is 11.6. The molecule has 0 radical (unpaired) electrons. The molecule has 0 bridgehead atoms. The highest BCUT2D eigenvalue weighted by atomic mass is 16.5. The van der Waals surface area contributed by atoms with Crippen molar-refractivity contribution >= 4 is 11.9 Å². The number of likely N-dealkylation sites (tertiary alicyclic amines) is 1. The molecule has 1 amide bonds. The van der Waals surface area contributed by atoms with E-state index in [0.717, 1.165) is 38.0 Å². The van der Waals surface area contributed by atoms with E-state index in [1.165, 1.54) is 5.56 Å². The maximum absolute atomic E-state index is 13.7. The van der Waals surface area contributed by atoms with Gasteiger partial charge in [-0.15, -0.1) is 0 Å². The summed E-state index contributed by atoms with van der Waals surface area (Å²) in [5, 5.41) is 1.98. The number of pyridine rings is 1. The van der Waals surface area contributed by atoms with Crippen molar-refractivity contribution in [3.05, 3.63) is 66.0 Å². The molecular formula is C26H35N5O3. The Bertz CT molecular complexity index is 924. The predicted molar refractivity (Wildman–Crippen MR) is 130 cm³/mol. The smallest absolute Gasteiger partial charge is 0.320 e. The van der Waals surface area contributed by atoms with Gasteiger partial charge in [0.1, 0.15) is 0 Å². The van der Waals surface area contributed by atoms with Crippen LogP contribution < -0.4 is 5.43 Å². The van der Waals surface area contributed by atoms with Crippen molar-refractivity contribution in [2.24, 2.45) is 0 Å². The maximum Gasteiger partial charge on any atom is 0.320 e. The van der Waals surface area contributed by atoms with Gasteiger partial charge in [-0.3, -0.25) is 29.8 Å². The van der Waals surface area contributed by atoms with Gasteiger partial charge in [-0.1, -0.05) is 36.4 Å². The molecule has 8 heteroatoms. The number of hydrazine groups is 1. The van der Waals surface area contributed by atoms with Crippen molar-refractivity contribution in [3.63, 3.8) is 0 Å². The number of nitrogens with zero attached hydrogens (tertiary/aromatic N) is 4. The number of hydrogen-bond acceptors (Lipinski definition) is 7. The largest absolute Gasteiger partial charge is 0.465 e. The summed E-state index contributed by atoms with van der Waals surface area (Å²) in [5.74, 6) is -0.156. The molecule has 1 aromatic carbocycles. The van der Waals surface area contributed by atoms with Crippen LogP contribution in [-0.2, 0) is 26.3 Å². The summed E-state index contributed by atoms with van der Waals surface area (Å²) >= 11 is 0. The van der Waals surface area contributed by atoms with Gasteiger partial charge in [0.25, 0.3) is 0 Å². The van der Waals surface area contributed by atoms with E-state index in [4.69, 9.17) is 4.74 Å². The van der Waals surface area contributed by atoms with Crippen molar-refractivity contribution in [1.29, 1.82) is 0 Å².